The summed E-state index contributed by atoms with van der Waals surface area (Å²) < 4.78 is 5.65. The average Bonchev–Trinajstić information content (AvgIpc) is 2.83. The first-order valence-corrected chi connectivity index (χ1v) is 5.82. The molecule has 0 aromatic carbocycles. The molecule has 1 aromatic heterocycles. The van der Waals surface area contributed by atoms with Gasteiger partial charge in [0.25, 0.3) is 0 Å². The Bertz CT molecular complexity index is 389. The largest absolute Gasteiger partial charge is 0.490 e. The summed E-state index contributed by atoms with van der Waals surface area (Å²) in [5.41, 5.74) is 1.47. The van der Waals surface area contributed by atoms with E-state index in [-0.39, 0.29) is 0 Å². The number of carbonyl (C=O) groups is 1. The molecule has 0 radical (unpaired) electrons. The fourth-order valence-electron chi connectivity index (χ4n) is 1.90. The van der Waals surface area contributed by atoms with Crippen molar-refractivity contribution in [1.82, 2.24) is 10.3 Å². The third-order valence-electron chi connectivity index (χ3n) is 2.89. The molecule has 1 unspecified atom stereocenters. The van der Waals surface area contributed by atoms with Gasteiger partial charge in [-0.25, -0.2) is 0 Å². The minimum Gasteiger partial charge on any atom is -0.490 e. The van der Waals surface area contributed by atoms with Crippen LogP contribution in [0.3, 0.4) is 0 Å². The van der Waals surface area contributed by atoms with Crippen LogP contribution in [0.1, 0.15) is 18.5 Å². The number of nitrogens with one attached hydrogen (secondary N) is 2. The van der Waals surface area contributed by atoms with E-state index < -0.39 is 0 Å². The Hall–Kier alpha value is -1.62. The first-order chi connectivity index (χ1) is 8.29. The van der Waals surface area contributed by atoms with Crippen LogP contribution in [0.2, 0.25) is 0 Å². The molecule has 2 N–H and O–H groups in total. The highest BCUT2D eigenvalue weighted by Crippen LogP contribution is 2.19. The van der Waals surface area contributed by atoms with E-state index >= 15 is 0 Å². The molecule has 92 valence electrons. The highest BCUT2D eigenvalue weighted by atomic mass is 16.5. The lowest BCUT2D eigenvalue weighted by molar-refractivity contribution is -0.105. The summed E-state index contributed by atoms with van der Waals surface area (Å²) >= 11 is 0. The van der Waals surface area contributed by atoms with E-state index in [0.29, 0.717) is 30.5 Å². The minimum absolute atomic E-state index is 0.429. The second-order valence-corrected chi connectivity index (χ2v) is 4.17. The number of amides is 1. The Morgan fingerprint density at radius 3 is 3.29 bits per heavy atom. The van der Waals surface area contributed by atoms with Gasteiger partial charge in [0.15, 0.2) is 0 Å². The van der Waals surface area contributed by atoms with Crippen molar-refractivity contribution in [2.45, 2.75) is 25.8 Å². The molecule has 0 aliphatic carbocycles. The summed E-state index contributed by atoms with van der Waals surface area (Å²) in [6.45, 7) is 3.55. The number of aromatic nitrogens is 1. The Morgan fingerprint density at radius 1 is 1.71 bits per heavy atom. The summed E-state index contributed by atoms with van der Waals surface area (Å²) in [6.07, 6.45) is 4.68. The number of nitrogens with zero attached hydrogens (tertiary/aromatic N) is 1. The van der Waals surface area contributed by atoms with Gasteiger partial charge < -0.3 is 15.4 Å². The molecule has 1 saturated heterocycles. The molecule has 1 aliphatic rings. The van der Waals surface area contributed by atoms with Gasteiger partial charge in [-0.1, -0.05) is 0 Å². The lowest BCUT2D eigenvalue weighted by atomic mass is 10.2. The van der Waals surface area contributed by atoms with E-state index in [1.54, 1.807) is 12.3 Å². The number of anilines is 1. The smallest absolute Gasteiger partial charge is 0.211 e. The number of rotatable bonds is 5. The van der Waals surface area contributed by atoms with Crippen LogP contribution in [0, 0.1) is 6.92 Å². The number of carbonyl (C=O) groups excluding carboxylic acids is 1. The summed E-state index contributed by atoms with van der Waals surface area (Å²) in [5.74, 6) is 0.689. The maximum absolute atomic E-state index is 10.4. The van der Waals surface area contributed by atoms with Gasteiger partial charge in [-0.3, -0.25) is 9.78 Å². The van der Waals surface area contributed by atoms with Crippen LogP contribution in [0.15, 0.2) is 12.3 Å². The molecule has 1 aromatic rings. The van der Waals surface area contributed by atoms with Gasteiger partial charge >= 0.3 is 0 Å². The molecular weight excluding hydrogens is 218 g/mol. The molecule has 17 heavy (non-hydrogen) atoms. The van der Waals surface area contributed by atoms with Crippen molar-refractivity contribution in [3.05, 3.63) is 18.0 Å². The quantitative estimate of drug-likeness (QED) is 0.750. The molecule has 1 amide bonds. The van der Waals surface area contributed by atoms with Gasteiger partial charge in [0.1, 0.15) is 12.4 Å². The highest BCUT2D eigenvalue weighted by molar-refractivity contribution is 5.73. The average molecular weight is 235 g/mol. The van der Waals surface area contributed by atoms with Gasteiger partial charge in [0.05, 0.1) is 17.6 Å². The van der Waals surface area contributed by atoms with Crippen molar-refractivity contribution in [3.8, 4) is 5.75 Å². The molecule has 5 heteroatoms. The summed E-state index contributed by atoms with van der Waals surface area (Å²) in [4.78, 5) is 14.6. The van der Waals surface area contributed by atoms with Crippen molar-refractivity contribution in [3.63, 3.8) is 0 Å². The number of hydrogen-bond acceptors (Lipinski definition) is 4. The standard InChI is InChI=1S/C12H17N3O2/c1-9-12(15-8-16)5-11(6-14-9)17-7-10-3-2-4-13-10/h5-6,8,10,13H,2-4,7H2,1H3,(H,15,16). The van der Waals surface area contributed by atoms with Gasteiger partial charge in [-0.15, -0.1) is 0 Å². The number of ether oxygens (including phenoxy) is 1. The maximum Gasteiger partial charge on any atom is 0.211 e. The van der Waals surface area contributed by atoms with Crippen molar-refractivity contribution >= 4 is 12.1 Å². The third kappa shape index (κ3) is 3.17. The van der Waals surface area contributed by atoms with Crippen molar-refractivity contribution in [2.75, 3.05) is 18.5 Å². The summed E-state index contributed by atoms with van der Waals surface area (Å²) in [6, 6.07) is 2.23. The number of pyridine rings is 1. The van der Waals surface area contributed by atoms with Crippen LogP contribution >= 0.6 is 0 Å². The van der Waals surface area contributed by atoms with Crippen LogP contribution in [-0.2, 0) is 4.79 Å². The SMILES string of the molecule is Cc1ncc(OCC2CCCN2)cc1NC=O. The molecule has 1 aliphatic heterocycles. The van der Waals surface area contributed by atoms with Gasteiger partial charge in [0.2, 0.25) is 6.41 Å². The second-order valence-electron chi connectivity index (χ2n) is 4.17. The van der Waals surface area contributed by atoms with Crippen LogP contribution < -0.4 is 15.4 Å². The van der Waals surface area contributed by atoms with Crippen molar-refractivity contribution in [2.24, 2.45) is 0 Å². The predicted molar refractivity (Wildman–Crippen MR) is 65.2 cm³/mol. The van der Waals surface area contributed by atoms with Gasteiger partial charge in [-0.2, -0.15) is 0 Å². The van der Waals surface area contributed by atoms with Crippen molar-refractivity contribution < 1.29 is 9.53 Å². The highest BCUT2D eigenvalue weighted by Gasteiger charge is 2.14. The Kier molecular flexibility index (Phi) is 3.93. The Balaban J connectivity index is 1.95. The van der Waals surface area contributed by atoms with Crippen molar-refractivity contribution in [1.29, 1.82) is 0 Å². The van der Waals surface area contributed by atoms with Gasteiger partial charge in [-0.05, 0) is 26.3 Å². The van der Waals surface area contributed by atoms with Crippen LogP contribution in [0.25, 0.3) is 0 Å². The molecule has 1 fully saturated rings. The Labute approximate surface area is 101 Å². The monoisotopic (exact) mass is 235 g/mol. The first kappa shape index (κ1) is 11.9. The minimum atomic E-state index is 0.429. The van der Waals surface area contributed by atoms with Gasteiger partial charge in [0, 0.05) is 12.1 Å². The van der Waals surface area contributed by atoms with E-state index in [0.717, 1.165) is 18.7 Å². The maximum atomic E-state index is 10.4. The summed E-state index contributed by atoms with van der Waals surface area (Å²) in [5, 5.41) is 5.97. The van der Waals surface area contributed by atoms with E-state index in [2.05, 4.69) is 15.6 Å². The predicted octanol–water partition coefficient (Wildman–Crippen LogP) is 1.09. The zero-order chi connectivity index (χ0) is 12.1. The fraction of sp³-hybridized carbons (Fsp3) is 0.500. The zero-order valence-corrected chi connectivity index (χ0v) is 9.90. The first-order valence-electron chi connectivity index (χ1n) is 5.82. The molecular formula is C12H17N3O2. The molecule has 0 spiro atoms. The molecule has 0 bridgehead atoms. The number of aryl methyl sites for hydroxylation is 1. The van der Waals surface area contributed by atoms with E-state index in [4.69, 9.17) is 4.74 Å². The molecule has 5 nitrogen and oxygen atoms in total. The zero-order valence-electron chi connectivity index (χ0n) is 9.90. The molecule has 2 heterocycles. The van der Waals surface area contributed by atoms with Crippen LogP contribution in [0.4, 0.5) is 5.69 Å². The topological polar surface area (TPSA) is 63.2 Å². The second kappa shape index (κ2) is 5.63. The molecule has 1 atom stereocenters. The normalized spacial score (nSPS) is 19.0. The van der Waals surface area contributed by atoms with Crippen LogP contribution in [0.5, 0.6) is 5.75 Å². The van der Waals surface area contributed by atoms with E-state index in [1.165, 1.54) is 6.42 Å². The number of hydrogen-bond donors (Lipinski definition) is 2. The van der Waals surface area contributed by atoms with E-state index in [1.807, 2.05) is 6.92 Å². The lowest BCUT2D eigenvalue weighted by Crippen LogP contribution is -2.28. The molecule has 0 saturated carbocycles. The fourth-order valence-corrected chi connectivity index (χ4v) is 1.90. The lowest BCUT2D eigenvalue weighted by Gasteiger charge is -2.13. The summed E-state index contributed by atoms with van der Waals surface area (Å²) in [7, 11) is 0. The Morgan fingerprint density at radius 2 is 2.59 bits per heavy atom. The molecule has 2 rings (SSSR count). The van der Waals surface area contributed by atoms with Crippen LogP contribution in [-0.4, -0.2) is 30.6 Å². The third-order valence-corrected chi connectivity index (χ3v) is 2.89. The van der Waals surface area contributed by atoms with E-state index in [9.17, 15) is 4.79 Å².